The summed E-state index contributed by atoms with van der Waals surface area (Å²) < 4.78 is 4.44. The van der Waals surface area contributed by atoms with E-state index < -0.39 is 0 Å². The third-order valence-electron chi connectivity index (χ3n) is 0.660. The Morgan fingerprint density at radius 2 is 2.33 bits per heavy atom. The normalized spacial score (nSPS) is 9.22. The maximum Gasteiger partial charge on any atom is 0.324 e. The molecule has 0 rings (SSSR count). The van der Waals surface area contributed by atoms with Gasteiger partial charge in [0.05, 0.1) is 12.8 Å². The summed E-state index contributed by atoms with van der Waals surface area (Å²) >= 11 is 0. The SMILES string of the molecule is C=COC(=O)CN(C)C. The smallest absolute Gasteiger partial charge is 0.324 e. The molecule has 0 radical (unpaired) electrons. The van der Waals surface area contributed by atoms with Crippen molar-refractivity contribution in [1.29, 1.82) is 0 Å². The molecule has 52 valence electrons. The Labute approximate surface area is 54.9 Å². The van der Waals surface area contributed by atoms with E-state index in [4.69, 9.17) is 0 Å². The van der Waals surface area contributed by atoms with Crippen molar-refractivity contribution in [3.63, 3.8) is 0 Å². The number of ether oxygens (including phenoxy) is 1. The fraction of sp³-hybridized carbons (Fsp3) is 0.500. The van der Waals surface area contributed by atoms with E-state index in [9.17, 15) is 4.79 Å². The number of carbonyl (C=O) groups is 1. The highest BCUT2D eigenvalue weighted by atomic mass is 16.5. The standard InChI is InChI=1S/C6H11NO2/c1-4-9-6(8)5-7(2)3/h4H,1,5H2,2-3H3. The minimum atomic E-state index is -0.282. The Hall–Kier alpha value is -0.830. The first kappa shape index (κ1) is 8.17. The second-order valence-corrected chi connectivity index (χ2v) is 1.89. The van der Waals surface area contributed by atoms with Crippen LogP contribution in [0.25, 0.3) is 0 Å². The van der Waals surface area contributed by atoms with Crippen LogP contribution in [0.5, 0.6) is 0 Å². The van der Waals surface area contributed by atoms with Crippen molar-refractivity contribution < 1.29 is 9.53 Å². The molecule has 0 heterocycles. The van der Waals surface area contributed by atoms with Crippen LogP contribution in [0.2, 0.25) is 0 Å². The average Bonchev–Trinajstić information content (AvgIpc) is 1.63. The van der Waals surface area contributed by atoms with Crippen LogP contribution in [-0.2, 0) is 9.53 Å². The number of esters is 1. The summed E-state index contributed by atoms with van der Waals surface area (Å²) in [4.78, 5) is 12.2. The van der Waals surface area contributed by atoms with E-state index in [0.717, 1.165) is 6.26 Å². The highest BCUT2D eigenvalue weighted by molar-refractivity contribution is 5.72. The number of rotatable bonds is 3. The van der Waals surface area contributed by atoms with Gasteiger partial charge in [-0.3, -0.25) is 9.69 Å². The summed E-state index contributed by atoms with van der Waals surface area (Å²) in [6, 6.07) is 0. The zero-order chi connectivity index (χ0) is 7.28. The van der Waals surface area contributed by atoms with Crippen molar-refractivity contribution in [2.45, 2.75) is 0 Å². The Morgan fingerprint density at radius 3 is 2.67 bits per heavy atom. The van der Waals surface area contributed by atoms with Crippen LogP contribution >= 0.6 is 0 Å². The lowest BCUT2D eigenvalue weighted by atomic mass is 10.6. The Morgan fingerprint density at radius 1 is 1.78 bits per heavy atom. The van der Waals surface area contributed by atoms with Crippen molar-refractivity contribution in [3.05, 3.63) is 12.8 Å². The lowest BCUT2D eigenvalue weighted by Gasteiger charge is -2.05. The Bertz CT molecular complexity index is 110. The molecular formula is C6H11NO2. The zero-order valence-electron chi connectivity index (χ0n) is 5.76. The van der Waals surface area contributed by atoms with Crippen LogP contribution in [0.4, 0.5) is 0 Å². The Kier molecular flexibility index (Phi) is 3.71. The van der Waals surface area contributed by atoms with Gasteiger partial charge in [0, 0.05) is 0 Å². The number of hydrogen-bond acceptors (Lipinski definition) is 3. The summed E-state index contributed by atoms with van der Waals surface area (Å²) in [6.07, 6.45) is 1.13. The minimum absolute atomic E-state index is 0.282. The summed E-state index contributed by atoms with van der Waals surface area (Å²) in [5, 5.41) is 0. The molecule has 3 heteroatoms. The lowest BCUT2D eigenvalue weighted by molar-refractivity contribution is -0.138. The average molecular weight is 129 g/mol. The zero-order valence-corrected chi connectivity index (χ0v) is 5.76. The van der Waals surface area contributed by atoms with Crippen molar-refractivity contribution in [2.24, 2.45) is 0 Å². The van der Waals surface area contributed by atoms with Gasteiger partial charge in [-0.05, 0) is 14.1 Å². The summed E-state index contributed by atoms with van der Waals surface area (Å²) in [5.74, 6) is -0.282. The fourth-order valence-electron chi connectivity index (χ4n) is 0.388. The molecule has 0 unspecified atom stereocenters. The van der Waals surface area contributed by atoms with Crippen LogP contribution in [0.1, 0.15) is 0 Å². The third-order valence-corrected chi connectivity index (χ3v) is 0.660. The van der Waals surface area contributed by atoms with Crippen molar-refractivity contribution in [3.8, 4) is 0 Å². The van der Waals surface area contributed by atoms with E-state index >= 15 is 0 Å². The first-order chi connectivity index (χ1) is 4.16. The van der Waals surface area contributed by atoms with Gasteiger partial charge >= 0.3 is 5.97 Å². The van der Waals surface area contributed by atoms with Crippen molar-refractivity contribution >= 4 is 5.97 Å². The maximum atomic E-state index is 10.5. The van der Waals surface area contributed by atoms with Crippen LogP contribution < -0.4 is 0 Å². The molecule has 0 N–H and O–H groups in total. The van der Waals surface area contributed by atoms with Gasteiger partial charge in [0.2, 0.25) is 0 Å². The largest absolute Gasteiger partial charge is 0.434 e. The second kappa shape index (κ2) is 4.09. The molecule has 0 atom stereocenters. The molecule has 9 heavy (non-hydrogen) atoms. The van der Waals surface area contributed by atoms with Gasteiger partial charge in [-0.25, -0.2) is 0 Å². The van der Waals surface area contributed by atoms with Gasteiger partial charge in [0.15, 0.2) is 0 Å². The van der Waals surface area contributed by atoms with Crippen LogP contribution in [0.3, 0.4) is 0 Å². The maximum absolute atomic E-state index is 10.5. The monoisotopic (exact) mass is 129 g/mol. The predicted molar refractivity (Wildman–Crippen MR) is 34.8 cm³/mol. The van der Waals surface area contributed by atoms with E-state index in [2.05, 4.69) is 11.3 Å². The molecule has 0 amide bonds. The molecule has 3 nitrogen and oxygen atoms in total. The number of carbonyl (C=O) groups excluding carboxylic acids is 1. The predicted octanol–water partition coefficient (Wildman–Crippen LogP) is 0.235. The Balaban J connectivity index is 3.38. The lowest BCUT2D eigenvalue weighted by Crippen LogP contribution is -2.22. The van der Waals surface area contributed by atoms with E-state index in [1.54, 1.807) is 19.0 Å². The van der Waals surface area contributed by atoms with E-state index in [1.807, 2.05) is 0 Å². The number of hydrogen-bond donors (Lipinski definition) is 0. The molecule has 0 fully saturated rings. The van der Waals surface area contributed by atoms with E-state index in [-0.39, 0.29) is 5.97 Å². The first-order valence-electron chi connectivity index (χ1n) is 2.62. The van der Waals surface area contributed by atoms with Gasteiger partial charge in [-0.2, -0.15) is 0 Å². The third kappa shape index (κ3) is 5.03. The highest BCUT2D eigenvalue weighted by Crippen LogP contribution is 1.80. The second-order valence-electron chi connectivity index (χ2n) is 1.89. The quantitative estimate of drug-likeness (QED) is 0.403. The fourth-order valence-corrected chi connectivity index (χ4v) is 0.388. The number of likely N-dealkylation sites (N-methyl/N-ethyl adjacent to an activating group) is 1. The molecular weight excluding hydrogens is 118 g/mol. The van der Waals surface area contributed by atoms with Crippen LogP contribution in [-0.4, -0.2) is 31.5 Å². The molecule has 0 aromatic carbocycles. The van der Waals surface area contributed by atoms with E-state index in [0.29, 0.717) is 6.54 Å². The van der Waals surface area contributed by atoms with Gasteiger partial charge in [0.25, 0.3) is 0 Å². The van der Waals surface area contributed by atoms with Crippen LogP contribution in [0.15, 0.2) is 12.8 Å². The molecule has 0 aromatic heterocycles. The summed E-state index contributed by atoms with van der Waals surface area (Å²) in [6.45, 7) is 3.54. The van der Waals surface area contributed by atoms with Crippen LogP contribution in [0, 0.1) is 0 Å². The molecule has 0 spiro atoms. The molecule has 0 aliphatic rings. The molecule has 0 aliphatic carbocycles. The van der Waals surface area contributed by atoms with Gasteiger partial charge in [-0.1, -0.05) is 6.58 Å². The molecule has 0 saturated heterocycles. The topological polar surface area (TPSA) is 29.5 Å². The number of nitrogens with zero attached hydrogens (tertiary/aromatic N) is 1. The van der Waals surface area contributed by atoms with Crippen molar-refractivity contribution in [2.75, 3.05) is 20.6 Å². The summed E-state index contributed by atoms with van der Waals surface area (Å²) in [5.41, 5.74) is 0. The summed E-state index contributed by atoms with van der Waals surface area (Å²) in [7, 11) is 3.59. The highest BCUT2D eigenvalue weighted by Gasteiger charge is 1.99. The minimum Gasteiger partial charge on any atom is -0.434 e. The van der Waals surface area contributed by atoms with Gasteiger partial charge < -0.3 is 4.74 Å². The first-order valence-corrected chi connectivity index (χ1v) is 2.62. The van der Waals surface area contributed by atoms with Crippen molar-refractivity contribution in [1.82, 2.24) is 4.90 Å². The molecule has 0 aromatic rings. The van der Waals surface area contributed by atoms with E-state index in [1.165, 1.54) is 0 Å². The molecule has 0 aliphatic heterocycles. The molecule has 0 bridgehead atoms. The molecule has 0 saturated carbocycles. The van der Waals surface area contributed by atoms with Gasteiger partial charge in [-0.15, -0.1) is 0 Å². The van der Waals surface area contributed by atoms with Gasteiger partial charge in [0.1, 0.15) is 0 Å².